The van der Waals surface area contributed by atoms with E-state index in [0.29, 0.717) is 44.2 Å². The van der Waals surface area contributed by atoms with Gasteiger partial charge in [0.05, 0.1) is 18.6 Å². The van der Waals surface area contributed by atoms with Crippen LogP contribution in [0.4, 0.5) is 11.4 Å². The van der Waals surface area contributed by atoms with E-state index >= 15 is 0 Å². The number of piperazine rings is 1. The molecular formula is C14H23N3O3S. The Bertz CT molecular complexity index is 581. The summed E-state index contributed by atoms with van der Waals surface area (Å²) in [6, 6.07) is 5.72. The molecular weight excluding hydrogens is 290 g/mol. The Labute approximate surface area is 126 Å². The van der Waals surface area contributed by atoms with Gasteiger partial charge in [0.1, 0.15) is 5.75 Å². The van der Waals surface area contributed by atoms with Gasteiger partial charge in [0.2, 0.25) is 10.0 Å². The van der Waals surface area contributed by atoms with Gasteiger partial charge in [-0.05, 0) is 18.6 Å². The lowest BCUT2D eigenvalue weighted by Gasteiger charge is -2.35. The van der Waals surface area contributed by atoms with Crippen molar-refractivity contribution in [2.75, 3.05) is 49.7 Å². The molecule has 0 bridgehead atoms. The van der Waals surface area contributed by atoms with Crippen LogP contribution in [0.3, 0.4) is 0 Å². The summed E-state index contributed by atoms with van der Waals surface area (Å²) < 4.78 is 30.2. The Hall–Kier alpha value is -1.47. The molecule has 0 aliphatic carbocycles. The molecule has 21 heavy (non-hydrogen) atoms. The van der Waals surface area contributed by atoms with Gasteiger partial charge in [-0.15, -0.1) is 0 Å². The Morgan fingerprint density at radius 3 is 2.48 bits per heavy atom. The van der Waals surface area contributed by atoms with Crippen molar-refractivity contribution in [3.63, 3.8) is 0 Å². The first-order valence-corrected chi connectivity index (χ1v) is 8.99. The van der Waals surface area contributed by atoms with Crippen LogP contribution in [0.25, 0.3) is 0 Å². The minimum atomic E-state index is -3.10. The summed E-state index contributed by atoms with van der Waals surface area (Å²) in [5.41, 5.74) is 7.55. The van der Waals surface area contributed by atoms with Gasteiger partial charge >= 0.3 is 0 Å². The number of rotatable bonds is 5. The van der Waals surface area contributed by atoms with Gasteiger partial charge in [0.25, 0.3) is 0 Å². The minimum Gasteiger partial charge on any atom is -0.491 e. The number of anilines is 2. The van der Waals surface area contributed by atoms with Gasteiger partial charge < -0.3 is 15.4 Å². The molecule has 0 saturated carbocycles. The fourth-order valence-electron chi connectivity index (χ4n) is 2.33. The van der Waals surface area contributed by atoms with Crippen molar-refractivity contribution in [3.05, 3.63) is 18.2 Å². The van der Waals surface area contributed by atoms with E-state index in [-0.39, 0.29) is 0 Å². The summed E-state index contributed by atoms with van der Waals surface area (Å²) in [6.45, 7) is 5.04. The van der Waals surface area contributed by atoms with Gasteiger partial charge in [-0.1, -0.05) is 6.92 Å². The van der Waals surface area contributed by atoms with Gasteiger partial charge in [0.15, 0.2) is 0 Å². The highest BCUT2D eigenvalue weighted by Crippen LogP contribution is 2.28. The SMILES string of the molecule is CCCOc1cc(N2CCN(S(C)(=O)=O)CC2)ccc1N. The van der Waals surface area contributed by atoms with Crippen LogP contribution >= 0.6 is 0 Å². The number of nitrogens with two attached hydrogens (primary N) is 1. The van der Waals surface area contributed by atoms with E-state index in [9.17, 15) is 8.42 Å². The van der Waals surface area contributed by atoms with E-state index in [2.05, 4.69) is 4.90 Å². The molecule has 1 aromatic rings. The third-order valence-electron chi connectivity index (χ3n) is 3.53. The summed E-state index contributed by atoms with van der Waals surface area (Å²) >= 11 is 0. The van der Waals surface area contributed by atoms with Crippen molar-refractivity contribution in [1.29, 1.82) is 0 Å². The summed E-state index contributed by atoms with van der Waals surface area (Å²) in [5, 5.41) is 0. The number of hydrogen-bond acceptors (Lipinski definition) is 5. The van der Waals surface area contributed by atoms with E-state index in [4.69, 9.17) is 10.5 Å². The Balaban J connectivity index is 2.06. The Morgan fingerprint density at radius 1 is 1.24 bits per heavy atom. The third-order valence-corrected chi connectivity index (χ3v) is 4.83. The average Bonchev–Trinajstić information content (AvgIpc) is 2.46. The highest BCUT2D eigenvalue weighted by molar-refractivity contribution is 7.88. The molecule has 2 N–H and O–H groups in total. The van der Waals surface area contributed by atoms with Crippen molar-refractivity contribution in [1.82, 2.24) is 4.31 Å². The quantitative estimate of drug-likeness (QED) is 0.825. The number of ether oxygens (including phenoxy) is 1. The molecule has 7 heteroatoms. The first kappa shape index (κ1) is 15.9. The van der Waals surface area contributed by atoms with Gasteiger partial charge in [-0.2, -0.15) is 4.31 Å². The van der Waals surface area contributed by atoms with Gasteiger partial charge in [0, 0.05) is 37.9 Å². The molecule has 1 fully saturated rings. The highest BCUT2D eigenvalue weighted by Gasteiger charge is 2.23. The number of hydrogen-bond donors (Lipinski definition) is 1. The number of nitrogen functional groups attached to an aromatic ring is 1. The topological polar surface area (TPSA) is 75.9 Å². The maximum atomic E-state index is 11.5. The van der Waals surface area contributed by atoms with Gasteiger partial charge in [-0.25, -0.2) is 8.42 Å². The summed E-state index contributed by atoms with van der Waals surface area (Å²) in [4.78, 5) is 2.15. The predicted octanol–water partition coefficient (Wildman–Crippen LogP) is 1.14. The first-order valence-electron chi connectivity index (χ1n) is 7.14. The molecule has 1 aromatic carbocycles. The van der Waals surface area contributed by atoms with Crippen LogP contribution in [0.1, 0.15) is 13.3 Å². The molecule has 0 atom stereocenters. The summed E-state index contributed by atoms with van der Waals surface area (Å²) in [5.74, 6) is 0.694. The molecule has 0 unspecified atom stereocenters. The largest absolute Gasteiger partial charge is 0.491 e. The second-order valence-corrected chi connectivity index (χ2v) is 7.20. The van der Waals surface area contributed by atoms with Crippen LogP contribution in [0, 0.1) is 0 Å². The molecule has 0 radical (unpaired) electrons. The van der Waals surface area contributed by atoms with Crippen molar-refractivity contribution in [2.24, 2.45) is 0 Å². The maximum absolute atomic E-state index is 11.5. The zero-order valence-electron chi connectivity index (χ0n) is 12.6. The summed E-state index contributed by atoms with van der Waals surface area (Å²) in [6.07, 6.45) is 2.18. The number of sulfonamides is 1. The highest BCUT2D eigenvalue weighted by atomic mass is 32.2. The zero-order chi connectivity index (χ0) is 15.5. The molecule has 1 aliphatic rings. The van der Waals surface area contributed by atoms with Crippen molar-refractivity contribution in [2.45, 2.75) is 13.3 Å². The van der Waals surface area contributed by atoms with E-state index in [0.717, 1.165) is 12.1 Å². The second kappa shape index (κ2) is 6.53. The standard InChI is InChI=1S/C14H23N3O3S/c1-3-10-20-14-11-12(4-5-13(14)15)16-6-8-17(9-7-16)21(2,18)19/h4-5,11H,3,6-10,15H2,1-2H3. The molecule has 118 valence electrons. The van der Waals surface area contributed by atoms with Crippen LogP contribution in [-0.4, -0.2) is 51.8 Å². The first-order chi connectivity index (χ1) is 9.91. The maximum Gasteiger partial charge on any atom is 0.211 e. The smallest absolute Gasteiger partial charge is 0.211 e. The van der Waals surface area contributed by atoms with Crippen LogP contribution in [0.2, 0.25) is 0 Å². The Morgan fingerprint density at radius 2 is 1.90 bits per heavy atom. The monoisotopic (exact) mass is 313 g/mol. The molecule has 6 nitrogen and oxygen atoms in total. The van der Waals surface area contributed by atoms with Gasteiger partial charge in [-0.3, -0.25) is 0 Å². The normalized spacial score (nSPS) is 17.0. The van der Waals surface area contributed by atoms with E-state index in [1.54, 1.807) is 0 Å². The van der Waals surface area contributed by atoms with Crippen LogP contribution in [0.15, 0.2) is 18.2 Å². The molecule has 2 rings (SSSR count). The number of nitrogens with zero attached hydrogens (tertiary/aromatic N) is 2. The molecule has 1 heterocycles. The van der Waals surface area contributed by atoms with E-state index < -0.39 is 10.0 Å². The van der Waals surface area contributed by atoms with Crippen molar-refractivity contribution in [3.8, 4) is 5.75 Å². The fourth-order valence-corrected chi connectivity index (χ4v) is 3.16. The molecule has 1 saturated heterocycles. The van der Waals surface area contributed by atoms with E-state index in [1.807, 2.05) is 25.1 Å². The number of benzene rings is 1. The third kappa shape index (κ3) is 4.01. The van der Waals surface area contributed by atoms with E-state index in [1.165, 1.54) is 10.6 Å². The van der Waals surface area contributed by atoms with Crippen molar-refractivity contribution >= 4 is 21.4 Å². The van der Waals surface area contributed by atoms with Crippen molar-refractivity contribution < 1.29 is 13.2 Å². The lowest BCUT2D eigenvalue weighted by molar-refractivity contribution is 0.319. The second-order valence-electron chi connectivity index (χ2n) is 5.22. The zero-order valence-corrected chi connectivity index (χ0v) is 13.4. The lowest BCUT2D eigenvalue weighted by Crippen LogP contribution is -2.48. The lowest BCUT2D eigenvalue weighted by atomic mass is 10.2. The van der Waals surface area contributed by atoms with Crippen LogP contribution in [0.5, 0.6) is 5.75 Å². The minimum absolute atomic E-state index is 0.508. The Kier molecular flexibility index (Phi) is 4.95. The predicted molar refractivity (Wildman–Crippen MR) is 85.3 cm³/mol. The van der Waals surface area contributed by atoms with Crippen LogP contribution in [-0.2, 0) is 10.0 Å². The molecule has 0 amide bonds. The van der Waals surface area contributed by atoms with Crippen LogP contribution < -0.4 is 15.4 Å². The average molecular weight is 313 g/mol. The molecule has 1 aliphatic heterocycles. The molecule has 0 spiro atoms. The fraction of sp³-hybridized carbons (Fsp3) is 0.571. The molecule has 0 aromatic heterocycles. The summed E-state index contributed by atoms with van der Waals surface area (Å²) in [7, 11) is -3.10.